The fourth-order valence-electron chi connectivity index (χ4n) is 3.98. The Morgan fingerprint density at radius 2 is 1.92 bits per heavy atom. The lowest BCUT2D eigenvalue weighted by atomic mass is 9.97. The van der Waals surface area contributed by atoms with Crippen LogP contribution in [0.25, 0.3) is 0 Å². The predicted molar refractivity (Wildman–Crippen MR) is 137 cm³/mol. The van der Waals surface area contributed by atoms with Crippen molar-refractivity contribution in [3.63, 3.8) is 0 Å². The maximum atomic E-state index is 13.1. The van der Waals surface area contributed by atoms with Gasteiger partial charge < -0.3 is 31.3 Å². The highest BCUT2D eigenvalue weighted by atomic mass is 16.5. The lowest BCUT2D eigenvalue weighted by Gasteiger charge is -2.33. The Bertz CT molecular complexity index is 969. The summed E-state index contributed by atoms with van der Waals surface area (Å²) >= 11 is 0. The third-order valence-corrected chi connectivity index (χ3v) is 6.24. The molecule has 5 amide bonds. The lowest BCUT2D eigenvalue weighted by molar-refractivity contribution is -0.140. The molecule has 0 unspecified atom stereocenters. The summed E-state index contributed by atoms with van der Waals surface area (Å²) in [6, 6.07) is 6.46. The van der Waals surface area contributed by atoms with Gasteiger partial charge in [0.1, 0.15) is 24.7 Å². The topological polar surface area (TPSA) is 160 Å². The Balaban J connectivity index is 2.01. The zero-order chi connectivity index (χ0) is 27.4. The van der Waals surface area contributed by atoms with Crippen molar-refractivity contribution in [2.45, 2.75) is 57.7 Å². The molecule has 0 spiro atoms. The number of nitrogens with two attached hydrogens (primary N) is 1. The van der Waals surface area contributed by atoms with Crippen molar-refractivity contribution in [2.75, 3.05) is 19.7 Å². The smallest absolute Gasteiger partial charge is 0.408 e. The summed E-state index contributed by atoms with van der Waals surface area (Å²) in [5.41, 5.74) is 6.36. The van der Waals surface area contributed by atoms with Gasteiger partial charge in [-0.2, -0.15) is 0 Å². The van der Waals surface area contributed by atoms with Crippen LogP contribution in [0.2, 0.25) is 0 Å². The first-order valence-electron chi connectivity index (χ1n) is 12.4. The van der Waals surface area contributed by atoms with Crippen LogP contribution >= 0.6 is 0 Å². The van der Waals surface area contributed by atoms with Gasteiger partial charge in [-0.25, -0.2) is 4.79 Å². The summed E-state index contributed by atoms with van der Waals surface area (Å²) in [5.74, 6) is -2.40. The zero-order valence-electron chi connectivity index (χ0n) is 21.4. The van der Waals surface area contributed by atoms with Crippen LogP contribution < -0.4 is 21.7 Å². The van der Waals surface area contributed by atoms with Gasteiger partial charge in [0.15, 0.2) is 0 Å². The molecule has 0 aliphatic carbocycles. The highest BCUT2D eigenvalue weighted by Gasteiger charge is 2.33. The van der Waals surface area contributed by atoms with Crippen LogP contribution in [-0.2, 0) is 30.3 Å². The molecular formula is C26H37N5O6. The normalized spacial score (nSPS) is 17.6. The number of hydrogen-bond acceptors (Lipinski definition) is 6. The van der Waals surface area contributed by atoms with E-state index in [9.17, 15) is 24.0 Å². The second-order valence-corrected chi connectivity index (χ2v) is 9.07. The number of nitrogens with one attached hydrogen (secondary N) is 3. The van der Waals surface area contributed by atoms with Crippen molar-refractivity contribution in [1.82, 2.24) is 20.9 Å². The maximum absolute atomic E-state index is 13.1. The van der Waals surface area contributed by atoms with Crippen LogP contribution in [0.15, 0.2) is 43.0 Å². The highest BCUT2D eigenvalue weighted by Crippen LogP contribution is 2.13. The van der Waals surface area contributed by atoms with Gasteiger partial charge in [-0.1, -0.05) is 63.3 Å². The van der Waals surface area contributed by atoms with E-state index < -0.39 is 47.8 Å². The molecule has 5 N–H and O–H groups in total. The number of hydrogen-bond donors (Lipinski definition) is 4. The number of likely N-dealkylation sites (tertiary alicyclic amines) is 1. The van der Waals surface area contributed by atoms with Gasteiger partial charge in [-0.3, -0.25) is 19.2 Å². The van der Waals surface area contributed by atoms with Crippen molar-refractivity contribution in [2.24, 2.45) is 11.7 Å². The molecule has 4 atom stereocenters. The van der Waals surface area contributed by atoms with E-state index >= 15 is 0 Å². The average Bonchev–Trinajstić information content (AvgIpc) is 2.88. The molecule has 0 aromatic heterocycles. The molecule has 1 aliphatic heterocycles. The molecule has 1 heterocycles. The molecule has 1 fully saturated rings. The van der Waals surface area contributed by atoms with E-state index in [1.165, 1.54) is 11.0 Å². The molecule has 11 heteroatoms. The molecule has 11 nitrogen and oxygen atoms in total. The Kier molecular flexibility index (Phi) is 11.6. The first-order chi connectivity index (χ1) is 17.7. The Labute approximate surface area is 217 Å². The van der Waals surface area contributed by atoms with Crippen LogP contribution in [0.1, 0.15) is 38.7 Å². The molecule has 37 heavy (non-hydrogen) atoms. The third-order valence-electron chi connectivity index (χ3n) is 6.24. The minimum Gasteiger partial charge on any atom is -0.445 e. The van der Waals surface area contributed by atoms with E-state index in [1.54, 1.807) is 0 Å². The van der Waals surface area contributed by atoms with Crippen molar-refractivity contribution < 1.29 is 28.7 Å². The van der Waals surface area contributed by atoms with Gasteiger partial charge >= 0.3 is 6.09 Å². The molecule has 0 bridgehead atoms. The SMILES string of the molecule is C=CCOC(=O)N[C@@H]1CCCN(CC(=O)N[C@H](C(=O)N[C@@H](Cc2ccccc2)C(N)=O)[C@@H](C)CC)C1=O. The molecule has 1 aromatic rings. The summed E-state index contributed by atoms with van der Waals surface area (Å²) in [6.07, 6.45) is 2.48. The number of nitrogens with zero attached hydrogens (tertiary/aromatic N) is 1. The second-order valence-electron chi connectivity index (χ2n) is 9.07. The summed E-state index contributed by atoms with van der Waals surface area (Å²) < 4.78 is 4.87. The number of benzene rings is 1. The Morgan fingerprint density at radius 3 is 2.54 bits per heavy atom. The molecular weight excluding hydrogens is 478 g/mol. The van der Waals surface area contributed by atoms with Crippen LogP contribution in [0.5, 0.6) is 0 Å². The minimum absolute atomic E-state index is 0.0138. The van der Waals surface area contributed by atoms with Crippen molar-refractivity contribution >= 4 is 29.7 Å². The first kappa shape index (κ1) is 29.3. The monoisotopic (exact) mass is 515 g/mol. The Morgan fingerprint density at radius 1 is 1.22 bits per heavy atom. The number of alkyl carbamates (subject to hydrolysis) is 1. The van der Waals surface area contributed by atoms with Gasteiger partial charge in [0.25, 0.3) is 0 Å². The van der Waals surface area contributed by atoms with E-state index in [1.807, 2.05) is 44.2 Å². The number of primary amides is 1. The third kappa shape index (κ3) is 9.25. The van der Waals surface area contributed by atoms with E-state index in [0.717, 1.165) is 5.56 Å². The number of amides is 5. The zero-order valence-corrected chi connectivity index (χ0v) is 21.4. The number of rotatable bonds is 13. The van der Waals surface area contributed by atoms with Crippen molar-refractivity contribution in [1.29, 1.82) is 0 Å². The summed E-state index contributed by atoms with van der Waals surface area (Å²) in [6.45, 7) is 7.22. The first-order valence-corrected chi connectivity index (χ1v) is 12.4. The molecule has 0 radical (unpaired) electrons. The molecule has 1 aromatic carbocycles. The summed E-state index contributed by atoms with van der Waals surface area (Å²) in [7, 11) is 0. The summed E-state index contributed by atoms with van der Waals surface area (Å²) in [4.78, 5) is 64.0. The van der Waals surface area contributed by atoms with Gasteiger partial charge in [0.2, 0.25) is 23.6 Å². The van der Waals surface area contributed by atoms with Crippen molar-refractivity contribution in [3.8, 4) is 0 Å². The Hall–Kier alpha value is -3.89. The highest BCUT2D eigenvalue weighted by molar-refractivity contribution is 5.94. The molecule has 1 aliphatic rings. The quantitative estimate of drug-likeness (QED) is 0.282. The number of ether oxygens (including phenoxy) is 1. The standard InChI is InChI=1S/C26H37N5O6/c1-4-14-37-26(36)29-19-12-9-13-31(25(19)35)16-21(32)30-22(17(3)5-2)24(34)28-20(23(27)33)15-18-10-7-6-8-11-18/h4,6-8,10-11,17,19-20,22H,1,5,9,12-16H2,2-3H3,(H2,27,33)(H,28,34)(H,29,36)(H,30,32)/t17-,19+,20-,22-/m0/s1. The maximum Gasteiger partial charge on any atom is 0.408 e. The number of carbonyl (C=O) groups excluding carboxylic acids is 5. The molecule has 1 saturated heterocycles. The molecule has 0 saturated carbocycles. The van der Waals surface area contributed by atoms with Gasteiger partial charge in [-0.05, 0) is 24.3 Å². The minimum atomic E-state index is -0.949. The van der Waals surface area contributed by atoms with Crippen LogP contribution in [0, 0.1) is 5.92 Å². The predicted octanol–water partition coefficient (Wildman–Crippen LogP) is 0.633. The van der Waals surface area contributed by atoms with E-state index in [4.69, 9.17) is 10.5 Å². The van der Waals surface area contributed by atoms with Gasteiger partial charge in [0, 0.05) is 13.0 Å². The fraction of sp³-hybridized carbons (Fsp3) is 0.500. The van der Waals surface area contributed by atoms with Gasteiger partial charge in [-0.15, -0.1) is 0 Å². The van der Waals surface area contributed by atoms with Crippen molar-refractivity contribution in [3.05, 3.63) is 48.6 Å². The summed E-state index contributed by atoms with van der Waals surface area (Å²) in [5, 5.41) is 7.88. The van der Waals surface area contributed by atoms with Crippen LogP contribution in [0.4, 0.5) is 4.79 Å². The lowest BCUT2D eigenvalue weighted by Crippen LogP contribution is -2.58. The van der Waals surface area contributed by atoms with Crippen LogP contribution in [0.3, 0.4) is 0 Å². The molecule has 2 rings (SSSR count). The fourth-order valence-corrected chi connectivity index (χ4v) is 3.98. The molecule has 202 valence electrons. The number of piperidine rings is 1. The van der Waals surface area contributed by atoms with E-state index in [-0.39, 0.29) is 25.5 Å². The largest absolute Gasteiger partial charge is 0.445 e. The second kappa shape index (κ2) is 14.6. The van der Waals surface area contributed by atoms with E-state index in [0.29, 0.717) is 25.8 Å². The number of carbonyl (C=O) groups is 5. The van der Waals surface area contributed by atoms with Crippen LogP contribution in [-0.4, -0.2) is 72.4 Å². The van der Waals surface area contributed by atoms with Gasteiger partial charge in [0.05, 0.1) is 6.54 Å². The van der Waals surface area contributed by atoms with E-state index in [2.05, 4.69) is 22.5 Å². The average molecular weight is 516 g/mol.